The van der Waals surface area contributed by atoms with E-state index in [-0.39, 0.29) is 5.84 Å². The van der Waals surface area contributed by atoms with E-state index in [0.29, 0.717) is 12.5 Å². The van der Waals surface area contributed by atoms with Gasteiger partial charge in [0.15, 0.2) is 0 Å². The fourth-order valence-electron chi connectivity index (χ4n) is 2.23. The van der Waals surface area contributed by atoms with Gasteiger partial charge in [0, 0.05) is 25.7 Å². The smallest absolute Gasteiger partial charge is 0.140 e. The fourth-order valence-corrected chi connectivity index (χ4v) is 2.23. The van der Waals surface area contributed by atoms with Gasteiger partial charge >= 0.3 is 0 Å². The molecule has 0 aliphatic heterocycles. The Labute approximate surface area is 121 Å². The average molecular weight is 281 g/mol. The van der Waals surface area contributed by atoms with Gasteiger partial charge in [-0.2, -0.15) is 5.10 Å². The maximum Gasteiger partial charge on any atom is 0.140 e. The molecule has 6 heteroatoms. The first kappa shape index (κ1) is 16.5. The molecular formula is C14H27N5O. The van der Waals surface area contributed by atoms with Gasteiger partial charge in [-0.05, 0) is 25.5 Å². The first-order valence-electron chi connectivity index (χ1n) is 7.37. The van der Waals surface area contributed by atoms with E-state index in [9.17, 15) is 0 Å². The van der Waals surface area contributed by atoms with E-state index in [4.69, 9.17) is 10.9 Å². The van der Waals surface area contributed by atoms with Gasteiger partial charge in [0.25, 0.3) is 0 Å². The highest BCUT2D eigenvalue weighted by atomic mass is 16.4. The molecule has 6 nitrogen and oxygen atoms in total. The zero-order valence-electron chi connectivity index (χ0n) is 12.8. The monoisotopic (exact) mass is 281 g/mol. The van der Waals surface area contributed by atoms with Crippen LogP contribution in [0.25, 0.3) is 0 Å². The molecule has 0 saturated carbocycles. The molecule has 0 spiro atoms. The number of hydrogen-bond acceptors (Lipinski definition) is 4. The molecule has 3 N–H and O–H groups in total. The van der Waals surface area contributed by atoms with Crippen molar-refractivity contribution in [2.45, 2.75) is 52.6 Å². The van der Waals surface area contributed by atoms with Crippen molar-refractivity contribution in [3.63, 3.8) is 0 Å². The number of rotatable bonds is 9. The maximum atomic E-state index is 8.56. The molecule has 0 bridgehead atoms. The van der Waals surface area contributed by atoms with Crippen LogP contribution in [0.3, 0.4) is 0 Å². The van der Waals surface area contributed by atoms with Crippen LogP contribution in [0, 0.1) is 0 Å². The highest BCUT2D eigenvalue weighted by Gasteiger charge is 2.10. The zero-order valence-corrected chi connectivity index (χ0v) is 12.8. The summed E-state index contributed by atoms with van der Waals surface area (Å²) in [5.74, 6) is 0.269. The van der Waals surface area contributed by atoms with Crippen LogP contribution in [0.15, 0.2) is 17.4 Å². The Hall–Kier alpha value is -1.56. The summed E-state index contributed by atoms with van der Waals surface area (Å²) in [6.07, 6.45) is 4.82. The van der Waals surface area contributed by atoms with Crippen LogP contribution in [0.1, 0.15) is 51.8 Å². The maximum absolute atomic E-state index is 8.56. The van der Waals surface area contributed by atoms with Crippen molar-refractivity contribution in [3.05, 3.63) is 18.0 Å². The van der Waals surface area contributed by atoms with Gasteiger partial charge in [0.05, 0.1) is 11.7 Å². The highest BCUT2D eigenvalue weighted by Crippen LogP contribution is 2.15. The van der Waals surface area contributed by atoms with Gasteiger partial charge in [-0.15, -0.1) is 0 Å². The summed E-state index contributed by atoms with van der Waals surface area (Å²) in [7, 11) is 0. The quantitative estimate of drug-likeness (QED) is 0.315. The third-order valence-corrected chi connectivity index (χ3v) is 3.63. The van der Waals surface area contributed by atoms with Crippen molar-refractivity contribution in [2.75, 3.05) is 13.1 Å². The molecule has 0 aromatic carbocycles. The largest absolute Gasteiger partial charge is 0.409 e. The van der Waals surface area contributed by atoms with E-state index in [2.05, 4.69) is 52.9 Å². The summed E-state index contributed by atoms with van der Waals surface area (Å²) >= 11 is 0. The predicted octanol–water partition coefficient (Wildman–Crippen LogP) is 2.20. The van der Waals surface area contributed by atoms with Crippen molar-refractivity contribution in [1.82, 2.24) is 14.7 Å². The number of oxime groups is 1. The first-order valence-corrected chi connectivity index (χ1v) is 7.37. The van der Waals surface area contributed by atoms with E-state index < -0.39 is 0 Å². The van der Waals surface area contributed by atoms with E-state index in [1.54, 1.807) is 0 Å². The molecular weight excluding hydrogens is 254 g/mol. The zero-order chi connectivity index (χ0) is 15.0. The third kappa shape index (κ3) is 4.85. The van der Waals surface area contributed by atoms with Crippen LogP contribution in [-0.4, -0.2) is 38.8 Å². The van der Waals surface area contributed by atoms with Crippen LogP contribution in [0.2, 0.25) is 0 Å². The van der Waals surface area contributed by atoms with Gasteiger partial charge in [-0.1, -0.05) is 25.9 Å². The summed E-state index contributed by atoms with van der Waals surface area (Å²) in [4.78, 5) is 2.23. The van der Waals surface area contributed by atoms with Gasteiger partial charge < -0.3 is 10.9 Å². The minimum absolute atomic E-state index is 0.269. The van der Waals surface area contributed by atoms with Crippen LogP contribution >= 0.6 is 0 Å². The Balaban J connectivity index is 2.57. The molecule has 0 saturated heterocycles. The second-order valence-electron chi connectivity index (χ2n) is 4.97. The van der Waals surface area contributed by atoms with Crippen LogP contribution in [0.4, 0.5) is 0 Å². The van der Waals surface area contributed by atoms with Crippen molar-refractivity contribution in [1.29, 1.82) is 0 Å². The van der Waals surface area contributed by atoms with Gasteiger partial charge in [0.1, 0.15) is 5.84 Å². The van der Waals surface area contributed by atoms with Gasteiger partial charge in [0.2, 0.25) is 0 Å². The second-order valence-corrected chi connectivity index (χ2v) is 4.97. The van der Waals surface area contributed by atoms with E-state index >= 15 is 0 Å². The van der Waals surface area contributed by atoms with Crippen molar-refractivity contribution in [2.24, 2.45) is 10.9 Å². The lowest BCUT2D eigenvalue weighted by Crippen LogP contribution is -2.28. The Morgan fingerprint density at radius 1 is 1.45 bits per heavy atom. The molecule has 0 aliphatic carbocycles. The summed E-state index contributed by atoms with van der Waals surface area (Å²) in [6, 6.07) is 2.56. The van der Waals surface area contributed by atoms with Crippen LogP contribution < -0.4 is 5.73 Å². The van der Waals surface area contributed by atoms with E-state index in [1.807, 2.05) is 0 Å². The standard InChI is InChI=1S/C14H27N5O/c1-4-13(5-2)19-10-7-12(16-19)11-18(6-3)9-8-14(15)17-20/h7,10,13,20H,4-6,8-9,11H2,1-3H3,(H2,15,17). The summed E-state index contributed by atoms with van der Waals surface area (Å²) < 4.78 is 2.06. The lowest BCUT2D eigenvalue weighted by molar-refractivity contribution is 0.278. The summed E-state index contributed by atoms with van der Waals surface area (Å²) in [5.41, 5.74) is 6.57. The Morgan fingerprint density at radius 3 is 2.70 bits per heavy atom. The number of nitrogens with zero attached hydrogens (tertiary/aromatic N) is 4. The van der Waals surface area contributed by atoms with E-state index in [1.165, 1.54) is 0 Å². The van der Waals surface area contributed by atoms with Crippen molar-refractivity contribution < 1.29 is 5.21 Å². The van der Waals surface area contributed by atoms with E-state index in [0.717, 1.165) is 38.2 Å². The Kier molecular flexibility index (Phi) is 7.08. The number of amidine groups is 1. The topological polar surface area (TPSA) is 79.7 Å². The highest BCUT2D eigenvalue weighted by molar-refractivity contribution is 5.79. The van der Waals surface area contributed by atoms with Crippen molar-refractivity contribution >= 4 is 5.84 Å². The minimum atomic E-state index is 0.269. The van der Waals surface area contributed by atoms with Crippen molar-refractivity contribution in [3.8, 4) is 0 Å². The molecule has 20 heavy (non-hydrogen) atoms. The molecule has 0 atom stereocenters. The minimum Gasteiger partial charge on any atom is -0.409 e. The lowest BCUT2D eigenvalue weighted by Gasteiger charge is -2.19. The molecule has 0 aliphatic rings. The Morgan fingerprint density at radius 2 is 2.15 bits per heavy atom. The normalized spacial score (nSPS) is 12.6. The lowest BCUT2D eigenvalue weighted by atomic mass is 10.2. The van der Waals surface area contributed by atoms with Gasteiger partial charge in [-0.25, -0.2) is 0 Å². The fraction of sp³-hybridized carbons (Fsp3) is 0.714. The summed E-state index contributed by atoms with van der Waals surface area (Å²) in [5, 5.41) is 16.2. The third-order valence-electron chi connectivity index (χ3n) is 3.63. The first-order chi connectivity index (χ1) is 9.64. The van der Waals surface area contributed by atoms with Crippen LogP contribution in [-0.2, 0) is 6.54 Å². The molecule has 0 unspecified atom stereocenters. The molecule has 1 aromatic rings. The molecule has 0 amide bonds. The molecule has 0 fully saturated rings. The molecule has 114 valence electrons. The Bertz CT molecular complexity index is 411. The SMILES string of the molecule is CCC(CC)n1ccc(CN(CC)CCC(N)=NO)n1. The summed E-state index contributed by atoms with van der Waals surface area (Å²) in [6.45, 7) is 8.95. The number of nitrogens with two attached hydrogens (primary N) is 1. The van der Waals surface area contributed by atoms with Crippen LogP contribution in [0.5, 0.6) is 0 Å². The van der Waals surface area contributed by atoms with Gasteiger partial charge in [-0.3, -0.25) is 9.58 Å². The second kappa shape index (κ2) is 8.58. The molecule has 1 rings (SSSR count). The number of hydrogen-bond donors (Lipinski definition) is 2. The average Bonchev–Trinajstić information content (AvgIpc) is 2.92. The molecule has 1 aromatic heterocycles. The molecule has 0 radical (unpaired) electrons. The number of aromatic nitrogens is 2. The molecule has 1 heterocycles. The predicted molar refractivity (Wildman–Crippen MR) is 80.8 cm³/mol.